The summed E-state index contributed by atoms with van der Waals surface area (Å²) in [4.78, 5) is 20.3. The second-order valence-corrected chi connectivity index (χ2v) is 8.80. The van der Waals surface area contributed by atoms with E-state index in [9.17, 15) is 36.2 Å². The van der Waals surface area contributed by atoms with Gasteiger partial charge in [-0.3, -0.25) is 4.79 Å². The minimum absolute atomic E-state index is 0.00786. The lowest BCUT2D eigenvalue weighted by Gasteiger charge is -2.19. The van der Waals surface area contributed by atoms with Gasteiger partial charge >= 0.3 is 6.18 Å². The molecule has 0 spiro atoms. The molecular weight excluding hydrogens is 528 g/mol. The fraction of sp³-hybridized carbons (Fsp3) is 0.185. The molecule has 6 nitrogen and oxygen atoms in total. The van der Waals surface area contributed by atoms with Crippen molar-refractivity contribution in [2.24, 2.45) is 7.05 Å². The first-order chi connectivity index (χ1) is 18.4. The molecule has 0 bridgehead atoms. The minimum atomic E-state index is -4.84. The number of aliphatic hydroxyl groups excluding tert-OH is 1. The summed E-state index contributed by atoms with van der Waals surface area (Å²) in [6, 6.07) is 6.30. The van der Waals surface area contributed by atoms with Gasteiger partial charge in [0.05, 0.1) is 23.2 Å². The average Bonchev–Trinajstić information content (AvgIpc) is 3.45. The Morgan fingerprint density at radius 2 is 1.82 bits per heavy atom. The number of nitrogens with one attached hydrogen (secondary N) is 1. The predicted octanol–water partition coefficient (Wildman–Crippen LogP) is 6.07. The molecule has 39 heavy (non-hydrogen) atoms. The molecule has 2 aromatic heterocycles. The lowest BCUT2D eigenvalue weighted by Crippen LogP contribution is -2.11. The van der Waals surface area contributed by atoms with E-state index in [0.29, 0.717) is 18.0 Å². The van der Waals surface area contributed by atoms with E-state index in [4.69, 9.17) is 4.74 Å². The quantitative estimate of drug-likeness (QED) is 0.154. The van der Waals surface area contributed by atoms with E-state index in [1.165, 1.54) is 29.0 Å². The van der Waals surface area contributed by atoms with Crippen molar-refractivity contribution in [3.63, 3.8) is 0 Å². The van der Waals surface area contributed by atoms with Crippen molar-refractivity contribution in [1.29, 1.82) is 0 Å². The van der Waals surface area contributed by atoms with Crippen LogP contribution in [0.4, 0.5) is 26.3 Å². The highest BCUT2D eigenvalue weighted by Crippen LogP contribution is 2.48. The predicted molar refractivity (Wildman–Crippen MR) is 130 cm³/mol. The first-order valence-corrected chi connectivity index (χ1v) is 11.5. The number of imidazole rings is 1. The summed E-state index contributed by atoms with van der Waals surface area (Å²) < 4.78 is 91.5. The summed E-state index contributed by atoms with van der Waals surface area (Å²) >= 11 is 0. The van der Waals surface area contributed by atoms with Crippen LogP contribution in [0.2, 0.25) is 0 Å². The minimum Gasteiger partial charge on any atom is -0.488 e. The van der Waals surface area contributed by atoms with Crippen molar-refractivity contribution in [2.75, 3.05) is 13.2 Å². The molecular formula is C27H19F6N3O3. The SMILES string of the molecule is Cc1nc2c(OCCO)c(-c3cccc4c(C(=O)c5cc(F)c(F)c(F)c5)c[nH]c34)c(C(F)(F)F)cc2n1C. The third kappa shape index (κ3) is 4.30. The van der Waals surface area contributed by atoms with Crippen LogP contribution < -0.4 is 4.74 Å². The molecule has 2 N–H and O–H groups in total. The van der Waals surface area contributed by atoms with Gasteiger partial charge in [0.15, 0.2) is 29.0 Å². The van der Waals surface area contributed by atoms with Crippen molar-refractivity contribution in [3.8, 4) is 16.9 Å². The smallest absolute Gasteiger partial charge is 0.417 e. The van der Waals surface area contributed by atoms with Gasteiger partial charge in [-0.15, -0.1) is 0 Å². The van der Waals surface area contributed by atoms with Gasteiger partial charge in [-0.05, 0) is 25.1 Å². The maximum Gasteiger partial charge on any atom is 0.417 e. The molecule has 0 aliphatic rings. The number of H-pyrrole nitrogens is 1. The van der Waals surface area contributed by atoms with Gasteiger partial charge in [0.25, 0.3) is 0 Å². The van der Waals surface area contributed by atoms with E-state index in [1.807, 2.05) is 0 Å². The fourth-order valence-corrected chi connectivity index (χ4v) is 4.58. The Hall–Kier alpha value is -4.32. The van der Waals surface area contributed by atoms with Crippen LogP contribution in [-0.4, -0.2) is 38.6 Å². The van der Waals surface area contributed by atoms with Crippen LogP contribution in [0, 0.1) is 24.4 Å². The van der Waals surface area contributed by atoms with E-state index < -0.39 is 47.1 Å². The number of fused-ring (bicyclic) bond motifs is 2. The molecule has 5 aromatic rings. The summed E-state index contributed by atoms with van der Waals surface area (Å²) in [5.74, 6) is -5.51. The van der Waals surface area contributed by atoms with Crippen molar-refractivity contribution in [3.05, 3.63) is 82.6 Å². The van der Waals surface area contributed by atoms with Crippen LogP contribution in [0.5, 0.6) is 5.75 Å². The van der Waals surface area contributed by atoms with Gasteiger partial charge in [-0.1, -0.05) is 18.2 Å². The third-order valence-corrected chi connectivity index (χ3v) is 6.47. The topological polar surface area (TPSA) is 80.1 Å². The van der Waals surface area contributed by atoms with Crippen molar-refractivity contribution in [2.45, 2.75) is 13.1 Å². The van der Waals surface area contributed by atoms with Gasteiger partial charge in [0.2, 0.25) is 0 Å². The number of aliphatic hydroxyl groups is 1. The summed E-state index contributed by atoms with van der Waals surface area (Å²) in [7, 11) is 1.56. The molecule has 0 aliphatic carbocycles. The standard InChI is InChI=1S/C27H19F6N3O3/c1-12-35-24-20(36(12)2)10-17(27(31,32)33)21(26(24)39-7-6-37)15-5-3-4-14-16(11-34-23(14)15)25(38)13-8-18(28)22(30)19(29)9-13/h3-5,8-11,34,37H,6-7H2,1-2H3. The molecule has 0 unspecified atom stereocenters. The summed E-state index contributed by atoms with van der Waals surface area (Å²) in [5, 5.41) is 9.51. The molecule has 2 heterocycles. The Balaban J connectivity index is 1.79. The first kappa shape index (κ1) is 26.3. The summed E-state index contributed by atoms with van der Waals surface area (Å²) in [6.07, 6.45) is -3.64. The largest absolute Gasteiger partial charge is 0.488 e. The van der Waals surface area contributed by atoms with E-state index in [2.05, 4.69) is 9.97 Å². The normalized spacial score (nSPS) is 12.0. The molecule has 12 heteroatoms. The van der Waals surface area contributed by atoms with Gasteiger partial charge in [-0.25, -0.2) is 18.2 Å². The number of aromatic amines is 1. The first-order valence-electron chi connectivity index (χ1n) is 11.5. The number of para-hydroxylation sites is 1. The molecule has 3 aromatic carbocycles. The average molecular weight is 547 g/mol. The number of carbonyl (C=O) groups excluding carboxylic acids is 1. The third-order valence-electron chi connectivity index (χ3n) is 6.47. The number of aromatic nitrogens is 3. The molecule has 0 amide bonds. The van der Waals surface area contributed by atoms with Gasteiger partial charge in [0.1, 0.15) is 17.9 Å². The van der Waals surface area contributed by atoms with E-state index >= 15 is 0 Å². The number of ether oxygens (including phenoxy) is 1. The molecule has 5 rings (SSSR count). The number of hydrogen-bond acceptors (Lipinski definition) is 4. The molecule has 0 atom stereocenters. The fourth-order valence-electron chi connectivity index (χ4n) is 4.58. The number of rotatable bonds is 6. The highest BCUT2D eigenvalue weighted by molar-refractivity contribution is 6.18. The maximum absolute atomic E-state index is 14.5. The van der Waals surface area contributed by atoms with Crippen LogP contribution in [0.1, 0.15) is 27.3 Å². The number of carbonyl (C=O) groups is 1. The number of hydrogen-bond donors (Lipinski definition) is 2. The monoisotopic (exact) mass is 547 g/mol. The van der Waals surface area contributed by atoms with E-state index in [-0.39, 0.29) is 51.0 Å². The Bertz CT molecular complexity index is 1750. The van der Waals surface area contributed by atoms with Gasteiger partial charge < -0.3 is 19.4 Å². The van der Waals surface area contributed by atoms with Gasteiger partial charge in [0, 0.05) is 40.9 Å². The lowest BCUT2D eigenvalue weighted by molar-refractivity contribution is -0.137. The highest BCUT2D eigenvalue weighted by atomic mass is 19.4. The number of ketones is 1. The molecule has 0 aliphatic heterocycles. The highest BCUT2D eigenvalue weighted by Gasteiger charge is 2.38. The Morgan fingerprint density at radius 3 is 2.46 bits per heavy atom. The van der Waals surface area contributed by atoms with Crippen LogP contribution in [-0.2, 0) is 13.2 Å². The number of halogens is 6. The van der Waals surface area contributed by atoms with Crippen LogP contribution in [0.15, 0.2) is 42.6 Å². The Morgan fingerprint density at radius 1 is 1.13 bits per heavy atom. The zero-order chi connectivity index (χ0) is 28.2. The molecule has 202 valence electrons. The second-order valence-electron chi connectivity index (χ2n) is 8.80. The van der Waals surface area contributed by atoms with Crippen molar-refractivity contribution in [1.82, 2.24) is 14.5 Å². The van der Waals surface area contributed by atoms with Crippen molar-refractivity contribution < 1.29 is 41.0 Å². The Kier molecular flexibility index (Phi) is 6.37. The van der Waals surface area contributed by atoms with Crippen molar-refractivity contribution >= 4 is 27.7 Å². The molecule has 0 radical (unpaired) electrons. The number of benzene rings is 3. The molecule has 0 fully saturated rings. The van der Waals surface area contributed by atoms with Gasteiger partial charge in [-0.2, -0.15) is 13.2 Å². The lowest BCUT2D eigenvalue weighted by atomic mass is 9.94. The zero-order valence-corrected chi connectivity index (χ0v) is 20.4. The maximum atomic E-state index is 14.5. The summed E-state index contributed by atoms with van der Waals surface area (Å²) in [5.41, 5.74) is -1.57. The van der Waals surface area contributed by atoms with Crippen LogP contribution in [0.3, 0.4) is 0 Å². The number of nitrogens with zero attached hydrogens (tertiary/aromatic N) is 2. The van der Waals surface area contributed by atoms with E-state index in [0.717, 1.165) is 6.07 Å². The van der Waals surface area contributed by atoms with E-state index in [1.54, 1.807) is 14.0 Å². The number of aryl methyl sites for hydroxylation is 2. The zero-order valence-electron chi connectivity index (χ0n) is 20.4. The molecule has 0 saturated carbocycles. The number of alkyl halides is 3. The Labute approximate surface area is 216 Å². The van der Waals surface area contributed by atoms with Crippen LogP contribution >= 0.6 is 0 Å². The molecule has 0 saturated heterocycles. The summed E-state index contributed by atoms with van der Waals surface area (Å²) in [6.45, 7) is 0.831. The van der Waals surface area contributed by atoms with Crippen LogP contribution in [0.25, 0.3) is 33.1 Å². The second kappa shape index (κ2) is 9.45.